The molecule has 0 aromatic carbocycles. The first-order valence-electron chi connectivity index (χ1n) is 7.27. The van der Waals surface area contributed by atoms with E-state index in [1.54, 1.807) is 0 Å². The number of aromatic nitrogens is 4. The molecule has 2 aromatic rings. The van der Waals surface area contributed by atoms with Crippen molar-refractivity contribution in [2.24, 2.45) is 0 Å². The molecule has 0 saturated carbocycles. The van der Waals surface area contributed by atoms with Crippen molar-refractivity contribution >= 4 is 5.82 Å². The molecule has 112 valence electrons. The van der Waals surface area contributed by atoms with Gasteiger partial charge in [-0.3, -0.25) is 9.67 Å². The predicted molar refractivity (Wildman–Crippen MR) is 80.4 cm³/mol. The molecule has 0 amide bonds. The molecule has 1 atom stereocenters. The second kappa shape index (κ2) is 5.81. The van der Waals surface area contributed by atoms with Gasteiger partial charge in [0.05, 0.1) is 36.8 Å². The monoisotopic (exact) mass is 287 g/mol. The summed E-state index contributed by atoms with van der Waals surface area (Å²) in [4.78, 5) is 11.3. The minimum Gasteiger partial charge on any atom is -0.373 e. The Kier molecular flexibility index (Phi) is 3.88. The molecular formula is C15H21N5O. The second-order valence-corrected chi connectivity index (χ2v) is 5.60. The zero-order valence-corrected chi connectivity index (χ0v) is 12.8. The third-order valence-corrected chi connectivity index (χ3v) is 3.64. The molecule has 2 aromatic heterocycles. The average Bonchev–Trinajstić information content (AvgIpc) is 2.87. The topological polar surface area (TPSA) is 56.1 Å². The van der Waals surface area contributed by atoms with E-state index < -0.39 is 0 Å². The lowest BCUT2D eigenvalue weighted by Gasteiger charge is -2.34. The standard InChI is InChI=1S/C15H21N5O/c1-11-6-17-20(8-11)10-14-9-19(4-5-21-14)15-13(3)16-7-12(2)18-15/h6-8,14H,4-5,9-10H2,1-3H3. The van der Waals surface area contributed by atoms with Gasteiger partial charge in [0.25, 0.3) is 0 Å². The largest absolute Gasteiger partial charge is 0.373 e. The van der Waals surface area contributed by atoms with Crippen LogP contribution < -0.4 is 4.90 Å². The fourth-order valence-electron chi connectivity index (χ4n) is 2.62. The normalized spacial score (nSPS) is 19.0. The summed E-state index contributed by atoms with van der Waals surface area (Å²) in [5.41, 5.74) is 3.08. The molecule has 1 saturated heterocycles. The Morgan fingerprint density at radius 3 is 2.90 bits per heavy atom. The van der Waals surface area contributed by atoms with Crippen molar-refractivity contribution in [3.8, 4) is 0 Å². The van der Waals surface area contributed by atoms with E-state index in [1.165, 1.54) is 5.56 Å². The summed E-state index contributed by atoms with van der Waals surface area (Å²) in [5.74, 6) is 0.972. The van der Waals surface area contributed by atoms with Crippen molar-refractivity contribution in [2.75, 3.05) is 24.6 Å². The number of hydrogen-bond donors (Lipinski definition) is 0. The van der Waals surface area contributed by atoms with Crippen LogP contribution >= 0.6 is 0 Å². The van der Waals surface area contributed by atoms with E-state index in [0.717, 1.165) is 36.8 Å². The highest BCUT2D eigenvalue weighted by Gasteiger charge is 2.23. The molecule has 1 fully saturated rings. The number of morpholine rings is 1. The van der Waals surface area contributed by atoms with Gasteiger partial charge in [-0.15, -0.1) is 0 Å². The van der Waals surface area contributed by atoms with E-state index in [1.807, 2.05) is 44.0 Å². The minimum absolute atomic E-state index is 0.125. The summed E-state index contributed by atoms with van der Waals surface area (Å²) < 4.78 is 7.81. The number of anilines is 1. The van der Waals surface area contributed by atoms with Crippen molar-refractivity contribution in [3.63, 3.8) is 0 Å². The summed E-state index contributed by atoms with van der Waals surface area (Å²) in [6.45, 7) is 9.17. The van der Waals surface area contributed by atoms with E-state index in [-0.39, 0.29) is 6.10 Å². The highest BCUT2D eigenvalue weighted by atomic mass is 16.5. The van der Waals surface area contributed by atoms with Gasteiger partial charge in [-0.1, -0.05) is 0 Å². The summed E-state index contributed by atoms with van der Waals surface area (Å²) in [6.07, 6.45) is 5.85. The number of aryl methyl sites for hydroxylation is 3. The van der Waals surface area contributed by atoms with Crippen LogP contribution in [-0.4, -0.2) is 45.5 Å². The lowest BCUT2D eigenvalue weighted by Crippen LogP contribution is -2.45. The van der Waals surface area contributed by atoms with Crippen LogP contribution in [0.2, 0.25) is 0 Å². The molecule has 3 heterocycles. The van der Waals surface area contributed by atoms with Crippen molar-refractivity contribution in [1.82, 2.24) is 19.7 Å². The van der Waals surface area contributed by atoms with Gasteiger partial charge in [-0.25, -0.2) is 4.98 Å². The van der Waals surface area contributed by atoms with Crippen LogP contribution in [0.5, 0.6) is 0 Å². The molecule has 0 radical (unpaired) electrons. The van der Waals surface area contributed by atoms with E-state index in [2.05, 4.69) is 20.0 Å². The van der Waals surface area contributed by atoms with Gasteiger partial charge in [0.2, 0.25) is 0 Å². The summed E-state index contributed by atoms with van der Waals surface area (Å²) >= 11 is 0. The number of ether oxygens (including phenoxy) is 1. The predicted octanol–water partition coefficient (Wildman–Crippen LogP) is 1.50. The van der Waals surface area contributed by atoms with Gasteiger partial charge in [0.15, 0.2) is 5.82 Å². The first kappa shape index (κ1) is 14.0. The highest BCUT2D eigenvalue weighted by Crippen LogP contribution is 2.19. The Morgan fingerprint density at radius 1 is 1.29 bits per heavy atom. The highest BCUT2D eigenvalue weighted by molar-refractivity contribution is 5.43. The van der Waals surface area contributed by atoms with Crippen LogP contribution in [0.1, 0.15) is 17.0 Å². The zero-order valence-electron chi connectivity index (χ0n) is 12.8. The van der Waals surface area contributed by atoms with Crippen LogP contribution in [0.15, 0.2) is 18.6 Å². The maximum Gasteiger partial charge on any atom is 0.150 e. The van der Waals surface area contributed by atoms with Crippen LogP contribution in [0.25, 0.3) is 0 Å². The lowest BCUT2D eigenvalue weighted by molar-refractivity contribution is 0.0271. The van der Waals surface area contributed by atoms with Crippen molar-refractivity contribution in [2.45, 2.75) is 33.4 Å². The molecule has 6 heteroatoms. The molecule has 0 bridgehead atoms. The van der Waals surface area contributed by atoms with Gasteiger partial charge >= 0.3 is 0 Å². The third-order valence-electron chi connectivity index (χ3n) is 3.64. The van der Waals surface area contributed by atoms with Gasteiger partial charge in [0.1, 0.15) is 0 Å². The first-order valence-corrected chi connectivity index (χ1v) is 7.27. The Bertz CT molecular complexity index is 624. The van der Waals surface area contributed by atoms with Crippen molar-refractivity contribution in [3.05, 3.63) is 35.5 Å². The van der Waals surface area contributed by atoms with Crippen LogP contribution in [0, 0.1) is 20.8 Å². The molecule has 0 aliphatic carbocycles. The van der Waals surface area contributed by atoms with Crippen LogP contribution in [0.3, 0.4) is 0 Å². The van der Waals surface area contributed by atoms with Gasteiger partial charge in [-0.05, 0) is 26.3 Å². The number of rotatable bonds is 3. The van der Waals surface area contributed by atoms with E-state index in [0.29, 0.717) is 6.61 Å². The molecule has 1 unspecified atom stereocenters. The van der Waals surface area contributed by atoms with E-state index in [9.17, 15) is 0 Å². The maximum absolute atomic E-state index is 5.86. The minimum atomic E-state index is 0.125. The molecule has 0 spiro atoms. The zero-order chi connectivity index (χ0) is 14.8. The number of hydrogen-bond acceptors (Lipinski definition) is 5. The van der Waals surface area contributed by atoms with Gasteiger partial charge in [0, 0.05) is 25.5 Å². The van der Waals surface area contributed by atoms with Crippen LogP contribution in [-0.2, 0) is 11.3 Å². The first-order chi connectivity index (χ1) is 10.1. The Labute approximate surface area is 124 Å². The average molecular weight is 287 g/mol. The second-order valence-electron chi connectivity index (χ2n) is 5.60. The maximum atomic E-state index is 5.86. The molecule has 6 nitrogen and oxygen atoms in total. The molecule has 1 aliphatic heterocycles. The fourth-order valence-corrected chi connectivity index (χ4v) is 2.62. The fraction of sp³-hybridized carbons (Fsp3) is 0.533. The molecule has 3 rings (SSSR count). The Morgan fingerprint density at radius 2 is 2.14 bits per heavy atom. The SMILES string of the molecule is Cc1cnn(CC2CN(c3nc(C)cnc3C)CCO2)c1. The molecular weight excluding hydrogens is 266 g/mol. The molecule has 21 heavy (non-hydrogen) atoms. The Hall–Kier alpha value is -1.95. The van der Waals surface area contributed by atoms with Crippen LogP contribution in [0.4, 0.5) is 5.82 Å². The number of nitrogens with zero attached hydrogens (tertiary/aromatic N) is 5. The third kappa shape index (κ3) is 3.21. The van der Waals surface area contributed by atoms with E-state index >= 15 is 0 Å². The quantitative estimate of drug-likeness (QED) is 0.856. The Balaban J connectivity index is 1.72. The smallest absolute Gasteiger partial charge is 0.150 e. The lowest BCUT2D eigenvalue weighted by atomic mass is 10.2. The van der Waals surface area contributed by atoms with Crippen molar-refractivity contribution < 1.29 is 4.74 Å². The van der Waals surface area contributed by atoms with Crippen molar-refractivity contribution in [1.29, 1.82) is 0 Å². The molecule has 1 aliphatic rings. The summed E-state index contributed by atoms with van der Waals surface area (Å²) in [7, 11) is 0. The van der Waals surface area contributed by atoms with E-state index in [4.69, 9.17) is 4.74 Å². The van der Waals surface area contributed by atoms with Gasteiger partial charge in [-0.2, -0.15) is 5.10 Å². The molecule has 0 N–H and O–H groups in total. The summed E-state index contributed by atoms with van der Waals surface area (Å²) in [5, 5.41) is 4.33. The van der Waals surface area contributed by atoms with Gasteiger partial charge < -0.3 is 9.64 Å². The summed E-state index contributed by atoms with van der Waals surface area (Å²) in [6, 6.07) is 0.